The molecule has 96 valence electrons. The predicted molar refractivity (Wildman–Crippen MR) is 89.5 cm³/mol. The van der Waals surface area contributed by atoms with Crippen LogP contribution in [0.4, 0.5) is 11.4 Å². The molecule has 0 amide bonds. The van der Waals surface area contributed by atoms with Crippen molar-refractivity contribution < 1.29 is 0 Å². The SMILES string of the molecule is CC=I/C=C\C1=C(NC)Nc2ccccc2NC1. The molecule has 1 aliphatic heterocycles. The van der Waals surface area contributed by atoms with Crippen molar-refractivity contribution in [3.05, 3.63) is 45.8 Å². The van der Waals surface area contributed by atoms with Crippen LogP contribution in [0, 0.1) is 0 Å². The van der Waals surface area contributed by atoms with Crippen LogP contribution in [0.1, 0.15) is 6.92 Å². The molecule has 3 N–H and O–H groups in total. The number of nitrogens with one attached hydrogen (secondary N) is 3. The normalized spacial score (nSPS) is 15.7. The van der Waals surface area contributed by atoms with E-state index in [-0.39, 0.29) is 20.7 Å². The molecule has 0 unspecified atom stereocenters. The Labute approximate surface area is 118 Å². The smallest absolute Gasteiger partial charge is 0.108 e. The standard InChI is InChI=1S/C14H18IN3/c1-3-15-9-8-11-10-17-12-6-4-5-7-13(12)18-14(11)16-2/h3-9,16-18H,10H2,1-2H3/b9-8-. The van der Waals surface area contributed by atoms with Crippen LogP contribution in [0.5, 0.6) is 0 Å². The third-order valence-corrected chi connectivity index (χ3v) is 4.18. The first-order valence-corrected chi connectivity index (χ1v) is 8.41. The molecule has 18 heavy (non-hydrogen) atoms. The van der Waals surface area contributed by atoms with Gasteiger partial charge in [-0.2, -0.15) is 0 Å². The minimum absolute atomic E-state index is 0.0848. The van der Waals surface area contributed by atoms with E-state index in [1.54, 1.807) is 0 Å². The second kappa shape index (κ2) is 6.58. The summed E-state index contributed by atoms with van der Waals surface area (Å²) in [5.41, 5.74) is 3.52. The fourth-order valence-corrected chi connectivity index (χ4v) is 2.85. The summed E-state index contributed by atoms with van der Waals surface area (Å²) in [6.45, 7) is 2.95. The number of hydrogen-bond acceptors (Lipinski definition) is 3. The van der Waals surface area contributed by atoms with Gasteiger partial charge in [0.15, 0.2) is 0 Å². The summed E-state index contributed by atoms with van der Waals surface area (Å²) in [5.74, 6) is 1.07. The van der Waals surface area contributed by atoms with E-state index in [1.165, 1.54) is 5.57 Å². The first kappa shape index (κ1) is 13.1. The Bertz CT molecular complexity index is 504. The molecule has 0 bridgehead atoms. The van der Waals surface area contributed by atoms with E-state index in [2.05, 4.69) is 49.2 Å². The first-order valence-electron chi connectivity index (χ1n) is 5.92. The number of fused-ring (bicyclic) bond motifs is 1. The number of rotatable bonds is 3. The fourth-order valence-electron chi connectivity index (χ4n) is 1.79. The molecule has 0 atom stereocenters. The summed E-state index contributed by atoms with van der Waals surface area (Å²) in [4.78, 5) is 0. The number of halogens is 1. The summed E-state index contributed by atoms with van der Waals surface area (Å²) >= 11 is 0.0848. The monoisotopic (exact) mass is 355 g/mol. The van der Waals surface area contributed by atoms with Crippen molar-refractivity contribution >= 4 is 36.1 Å². The molecule has 0 saturated heterocycles. The van der Waals surface area contributed by atoms with Gasteiger partial charge in [-0.05, 0) is 29.2 Å². The maximum atomic E-state index is 3.46. The van der Waals surface area contributed by atoms with Crippen molar-refractivity contribution in [3.63, 3.8) is 0 Å². The van der Waals surface area contributed by atoms with Crippen LogP contribution in [0.15, 0.2) is 45.8 Å². The van der Waals surface area contributed by atoms with E-state index in [0.29, 0.717) is 0 Å². The van der Waals surface area contributed by atoms with E-state index in [9.17, 15) is 0 Å². The molecule has 0 fully saturated rings. The minimum atomic E-state index is 0.0848. The lowest BCUT2D eigenvalue weighted by Gasteiger charge is -2.11. The average molecular weight is 355 g/mol. The second-order valence-electron chi connectivity index (χ2n) is 3.81. The van der Waals surface area contributed by atoms with Gasteiger partial charge in [0.05, 0.1) is 11.4 Å². The van der Waals surface area contributed by atoms with Crippen LogP contribution < -0.4 is 16.0 Å². The van der Waals surface area contributed by atoms with Gasteiger partial charge in [0.25, 0.3) is 0 Å². The van der Waals surface area contributed by atoms with E-state index < -0.39 is 0 Å². The van der Waals surface area contributed by atoms with Gasteiger partial charge in [-0.25, -0.2) is 0 Å². The molecule has 1 aromatic rings. The van der Waals surface area contributed by atoms with Crippen LogP contribution in [0.3, 0.4) is 0 Å². The maximum absolute atomic E-state index is 3.46. The Balaban J connectivity index is 2.28. The first-order chi connectivity index (χ1) is 8.85. The summed E-state index contributed by atoms with van der Waals surface area (Å²) in [6.07, 6.45) is 2.21. The molecule has 0 saturated carbocycles. The number of anilines is 2. The van der Waals surface area contributed by atoms with Crippen LogP contribution in [-0.2, 0) is 0 Å². The maximum Gasteiger partial charge on any atom is 0.108 e. The van der Waals surface area contributed by atoms with Gasteiger partial charge in [-0.1, -0.05) is 36.9 Å². The van der Waals surface area contributed by atoms with Crippen molar-refractivity contribution in [1.82, 2.24) is 5.32 Å². The lowest BCUT2D eigenvalue weighted by atomic mass is 10.2. The average Bonchev–Trinajstić information content (AvgIpc) is 2.58. The van der Waals surface area contributed by atoms with E-state index in [4.69, 9.17) is 0 Å². The molecule has 2 rings (SSSR count). The molecule has 0 aromatic heterocycles. The molecule has 4 heteroatoms. The Morgan fingerprint density at radius 3 is 2.78 bits per heavy atom. The quantitative estimate of drug-likeness (QED) is 0.729. The highest BCUT2D eigenvalue weighted by Crippen LogP contribution is 2.26. The highest BCUT2D eigenvalue weighted by Gasteiger charge is 2.11. The minimum Gasteiger partial charge on any atom is -0.379 e. The van der Waals surface area contributed by atoms with Crippen LogP contribution in [0.25, 0.3) is 0 Å². The summed E-state index contributed by atoms with van der Waals surface area (Å²) in [6, 6.07) is 8.26. The highest BCUT2D eigenvalue weighted by molar-refractivity contribution is 14.2. The van der Waals surface area contributed by atoms with Gasteiger partial charge < -0.3 is 16.0 Å². The molecule has 1 heterocycles. The lowest BCUT2D eigenvalue weighted by molar-refractivity contribution is 0.973. The lowest BCUT2D eigenvalue weighted by Crippen LogP contribution is -2.17. The molecule has 0 radical (unpaired) electrons. The molecule has 1 aromatic carbocycles. The van der Waals surface area contributed by atoms with Gasteiger partial charge in [0.1, 0.15) is 5.82 Å². The van der Waals surface area contributed by atoms with Crippen molar-refractivity contribution in [1.29, 1.82) is 0 Å². The topological polar surface area (TPSA) is 36.1 Å². The Morgan fingerprint density at radius 1 is 1.28 bits per heavy atom. The van der Waals surface area contributed by atoms with Crippen LogP contribution in [0.2, 0.25) is 0 Å². The number of para-hydroxylation sites is 2. The number of benzene rings is 1. The van der Waals surface area contributed by atoms with Gasteiger partial charge in [-0.15, -0.1) is 0 Å². The fraction of sp³-hybridized carbons (Fsp3) is 0.214. The largest absolute Gasteiger partial charge is 0.379 e. The zero-order chi connectivity index (χ0) is 12.8. The molecule has 0 spiro atoms. The molecule has 0 aliphatic carbocycles. The second-order valence-corrected chi connectivity index (χ2v) is 6.50. The van der Waals surface area contributed by atoms with E-state index >= 15 is 0 Å². The Kier molecular flexibility index (Phi) is 4.81. The molecule has 1 aliphatic rings. The van der Waals surface area contributed by atoms with Crippen LogP contribution >= 0.6 is 20.7 Å². The molecule has 3 nitrogen and oxygen atoms in total. The van der Waals surface area contributed by atoms with Gasteiger partial charge in [-0.3, -0.25) is 0 Å². The van der Waals surface area contributed by atoms with E-state index in [0.717, 1.165) is 23.7 Å². The highest BCUT2D eigenvalue weighted by atomic mass is 127. The van der Waals surface area contributed by atoms with Crippen molar-refractivity contribution in [2.45, 2.75) is 6.92 Å². The number of hydrogen-bond donors (Lipinski definition) is 3. The third-order valence-electron chi connectivity index (χ3n) is 2.69. The van der Waals surface area contributed by atoms with E-state index in [1.807, 2.05) is 19.2 Å². The summed E-state index contributed by atoms with van der Waals surface area (Å²) in [5, 5.41) is 10.1. The zero-order valence-corrected chi connectivity index (χ0v) is 12.8. The Hall–Kier alpha value is -1.30. The van der Waals surface area contributed by atoms with Gasteiger partial charge in [0.2, 0.25) is 0 Å². The van der Waals surface area contributed by atoms with Gasteiger partial charge in [0, 0.05) is 19.2 Å². The van der Waals surface area contributed by atoms with Crippen LogP contribution in [-0.4, -0.2) is 17.6 Å². The summed E-state index contributed by atoms with van der Waals surface area (Å²) < 4.78 is 4.53. The predicted octanol–water partition coefficient (Wildman–Crippen LogP) is 3.26. The molecular formula is C14H18IN3. The van der Waals surface area contributed by atoms with Crippen molar-refractivity contribution in [3.8, 4) is 0 Å². The molecular weight excluding hydrogens is 337 g/mol. The van der Waals surface area contributed by atoms with Crippen molar-refractivity contribution in [2.24, 2.45) is 0 Å². The van der Waals surface area contributed by atoms with Crippen molar-refractivity contribution in [2.75, 3.05) is 24.2 Å². The zero-order valence-electron chi connectivity index (χ0n) is 10.6. The van der Waals surface area contributed by atoms with Gasteiger partial charge >= 0.3 is 0 Å². The Morgan fingerprint density at radius 2 is 2.06 bits per heavy atom. The third kappa shape index (κ3) is 3.13. The summed E-state index contributed by atoms with van der Waals surface area (Å²) in [7, 11) is 1.95.